The Morgan fingerprint density at radius 2 is 1.97 bits per heavy atom. The standard InChI is InChI=1S/C23H23N3O3S/c1-16-8-10-17(11-9-16)29-22-23(25-13-12-24-22)30-20-7-3-2-6-19(20)21(27)26-15-18-5-4-14-28-18/h2-3,6-13,18H,4-5,14-15H2,1H3,(H,26,27). The SMILES string of the molecule is Cc1ccc(Oc2nccnc2Sc2ccccc2C(=O)NCC2CCCO2)cc1. The second-order valence-electron chi connectivity index (χ2n) is 7.03. The summed E-state index contributed by atoms with van der Waals surface area (Å²) in [5.74, 6) is 0.963. The summed E-state index contributed by atoms with van der Waals surface area (Å²) in [6.07, 6.45) is 5.33. The Hall–Kier alpha value is -2.90. The summed E-state index contributed by atoms with van der Waals surface area (Å²) in [6, 6.07) is 15.2. The van der Waals surface area contributed by atoms with Crippen LogP contribution in [0.4, 0.5) is 0 Å². The lowest BCUT2D eigenvalue weighted by Crippen LogP contribution is -2.32. The number of hydrogen-bond acceptors (Lipinski definition) is 6. The van der Waals surface area contributed by atoms with Crippen LogP contribution in [0, 0.1) is 6.92 Å². The van der Waals surface area contributed by atoms with E-state index in [9.17, 15) is 4.79 Å². The van der Waals surface area contributed by atoms with Gasteiger partial charge in [0.1, 0.15) is 5.75 Å². The zero-order valence-electron chi connectivity index (χ0n) is 16.7. The van der Waals surface area contributed by atoms with Crippen LogP contribution in [0.3, 0.4) is 0 Å². The minimum atomic E-state index is -0.126. The second kappa shape index (κ2) is 9.73. The summed E-state index contributed by atoms with van der Waals surface area (Å²) in [5.41, 5.74) is 1.74. The number of nitrogens with zero attached hydrogens (tertiary/aromatic N) is 2. The van der Waals surface area contributed by atoms with E-state index in [1.165, 1.54) is 11.8 Å². The third-order valence-corrected chi connectivity index (χ3v) is 5.77. The fraction of sp³-hybridized carbons (Fsp3) is 0.261. The van der Waals surface area contributed by atoms with Crippen molar-refractivity contribution in [3.63, 3.8) is 0 Å². The number of carbonyl (C=O) groups is 1. The molecule has 0 bridgehead atoms. The second-order valence-corrected chi connectivity index (χ2v) is 8.06. The van der Waals surface area contributed by atoms with E-state index in [1.54, 1.807) is 12.4 Å². The highest BCUT2D eigenvalue weighted by molar-refractivity contribution is 7.99. The molecule has 2 heterocycles. The van der Waals surface area contributed by atoms with Crippen LogP contribution < -0.4 is 10.1 Å². The van der Waals surface area contributed by atoms with Crippen LogP contribution in [0.5, 0.6) is 11.6 Å². The predicted molar refractivity (Wildman–Crippen MR) is 115 cm³/mol. The highest BCUT2D eigenvalue weighted by atomic mass is 32.2. The minimum Gasteiger partial charge on any atom is -0.437 e. The number of nitrogens with one attached hydrogen (secondary N) is 1. The fourth-order valence-electron chi connectivity index (χ4n) is 3.12. The molecular weight excluding hydrogens is 398 g/mol. The number of ether oxygens (including phenoxy) is 2. The van der Waals surface area contributed by atoms with Crippen molar-refractivity contribution >= 4 is 17.7 Å². The van der Waals surface area contributed by atoms with Gasteiger partial charge in [-0.1, -0.05) is 41.6 Å². The van der Waals surface area contributed by atoms with Crippen molar-refractivity contribution in [2.24, 2.45) is 0 Å². The van der Waals surface area contributed by atoms with Gasteiger partial charge in [0.2, 0.25) is 0 Å². The molecule has 1 aliphatic rings. The van der Waals surface area contributed by atoms with E-state index in [0.717, 1.165) is 29.9 Å². The third-order valence-electron chi connectivity index (χ3n) is 4.72. The van der Waals surface area contributed by atoms with E-state index in [0.29, 0.717) is 28.8 Å². The summed E-state index contributed by atoms with van der Waals surface area (Å²) in [6.45, 7) is 3.31. The van der Waals surface area contributed by atoms with Crippen molar-refractivity contribution in [3.05, 3.63) is 72.1 Å². The quantitative estimate of drug-likeness (QED) is 0.599. The van der Waals surface area contributed by atoms with Crippen LogP contribution >= 0.6 is 11.8 Å². The Kier molecular flexibility index (Phi) is 6.61. The van der Waals surface area contributed by atoms with Gasteiger partial charge in [0.25, 0.3) is 11.8 Å². The lowest BCUT2D eigenvalue weighted by atomic mass is 10.2. The monoisotopic (exact) mass is 421 g/mol. The van der Waals surface area contributed by atoms with Gasteiger partial charge in [-0.15, -0.1) is 0 Å². The van der Waals surface area contributed by atoms with Gasteiger partial charge in [0, 0.05) is 30.4 Å². The van der Waals surface area contributed by atoms with Gasteiger partial charge in [0.05, 0.1) is 11.7 Å². The lowest BCUT2D eigenvalue weighted by molar-refractivity contribution is 0.0855. The molecule has 0 radical (unpaired) electrons. The van der Waals surface area contributed by atoms with E-state index < -0.39 is 0 Å². The molecule has 1 atom stereocenters. The molecule has 1 unspecified atom stereocenters. The first-order valence-corrected chi connectivity index (χ1v) is 10.7. The first-order valence-electron chi connectivity index (χ1n) is 9.91. The molecule has 0 spiro atoms. The zero-order valence-corrected chi connectivity index (χ0v) is 17.5. The Bertz CT molecular complexity index is 1000. The molecule has 3 aromatic rings. The van der Waals surface area contributed by atoms with Crippen molar-refractivity contribution in [2.45, 2.75) is 35.8 Å². The summed E-state index contributed by atoms with van der Waals surface area (Å²) < 4.78 is 11.5. The number of carbonyl (C=O) groups excluding carboxylic acids is 1. The molecule has 1 aromatic heterocycles. The number of amides is 1. The molecule has 0 saturated carbocycles. The molecule has 1 aliphatic heterocycles. The normalized spacial score (nSPS) is 15.7. The van der Waals surface area contributed by atoms with Crippen LogP contribution in [-0.2, 0) is 4.74 Å². The van der Waals surface area contributed by atoms with Crippen molar-refractivity contribution in [1.82, 2.24) is 15.3 Å². The first-order chi connectivity index (χ1) is 14.7. The van der Waals surface area contributed by atoms with E-state index in [-0.39, 0.29) is 12.0 Å². The van der Waals surface area contributed by atoms with E-state index in [4.69, 9.17) is 9.47 Å². The van der Waals surface area contributed by atoms with Gasteiger partial charge in [0.15, 0.2) is 5.03 Å². The van der Waals surface area contributed by atoms with Gasteiger partial charge in [-0.25, -0.2) is 9.97 Å². The van der Waals surface area contributed by atoms with Crippen molar-refractivity contribution in [1.29, 1.82) is 0 Å². The molecule has 2 aromatic carbocycles. The summed E-state index contributed by atoms with van der Waals surface area (Å²) in [5, 5.41) is 3.58. The molecule has 7 heteroatoms. The summed E-state index contributed by atoms with van der Waals surface area (Å²) in [7, 11) is 0. The van der Waals surface area contributed by atoms with Crippen LogP contribution in [0.15, 0.2) is 70.8 Å². The predicted octanol–water partition coefficient (Wildman–Crippen LogP) is 4.64. The molecule has 1 N–H and O–H groups in total. The van der Waals surface area contributed by atoms with Crippen molar-refractivity contribution < 1.29 is 14.3 Å². The smallest absolute Gasteiger partial charge is 0.252 e. The van der Waals surface area contributed by atoms with Gasteiger partial charge in [-0.05, 0) is 44.0 Å². The van der Waals surface area contributed by atoms with Crippen molar-refractivity contribution in [2.75, 3.05) is 13.2 Å². The Morgan fingerprint density at radius 3 is 2.77 bits per heavy atom. The van der Waals surface area contributed by atoms with Gasteiger partial charge in [-0.3, -0.25) is 4.79 Å². The van der Waals surface area contributed by atoms with Gasteiger partial charge in [-0.2, -0.15) is 0 Å². The average Bonchev–Trinajstić information content (AvgIpc) is 3.29. The van der Waals surface area contributed by atoms with Crippen LogP contribution in [0.2, 0.25) is 0 Å². The number of hydrogen-bond donors (Lipinski definition) is 1. The highest BCUT2D eigenvalue weighted by Gasteiger charge is 2.19. The third kappa shape index (κ3) is 5.17. The molecule has 1 saturated heterocycles. The number of aryl methyl sites for hydroxylation is 1. The van der Waals surface area contributed by atoms with Crippen LogP contribution in [0.1, 0.15) is 28.8 Å². The maximum atomic E-state index is 12.8. The lowest BCUT2D eigenvalue weighted by Gasteiger charge is -2.13. The van der Waals surface area contributed by atoms with Crippen molar-refractivity contribution in [3.8, 4) is 11.6 Å². The molecule has 30 heavy (non-hydrogen) atoms. The first kappa shape index (κ1) is 20.4. The maximum Gasteiger partial charge on any atom is 0.252 e. The van der Waals surface area contributed by atoms with Gasteiger partial charge < -0.3 is 14.8 Å². The van der Waals surface area contributed by atoms with Crippen LogP contribution in [-0.4, -0.2) is 35.1 Å². The number of rotatable bonds is 7. The van der Waals surface area contributed by atoms with E-state index in [1.807, 2.05) is 55.5 Å². The molecule has 1 amide bonds. The highest BCUT2D eigenvalue weighted by Crippen LogP contribution is 2.35. The van der Waals surface area contributed by atoms with Crippen LogP contribution in [0.25, 0.3) is 0 Å². The molecule has 1 fully saturated rings. The Labute approximate surface area is 180 Å². The van der Waals surface area contributed by atoms with E-state index >= 15 is 0 Å². The fourth-order valence-corrected chi connectivity index (χ4v) is 4.05. The minimum absolute atomic E-state index is 0.100. The molecule has 6 nitrogen and oxygen atoms in total. The molecule has 154 valence electrons. The number of aromatic nitrogens is 2. The molecule has 0 aliphatic carbocycles. The average molecular weight is 422 g/mol. The maximum absolute atomic E-state index is 12.8. The van der Waals surface area contributed by atoms with Gasteiger partial charge >= 0.3 is 0 Å². The summed E-state index contributed by atoms with van der Waals surface area (Å²) >= 11 is 1.36. The topological polar surface area (TPSA) is 73.3 Å². The molecular formula is C23H23N3O3S. The zero-order chi connectivity index (χ0) is 20.8. The largest absolute Gasteiger partial charge is 0.437 e. The van der Waals surface area contributed by atoms with E-state index in [2.05, 4.69) is 15.3 Å². The Balaban J connectivity index is 1.50. The number of benzene rings is 2. The summed E-state index contributed by atoms with van der Waals surface area (Å²) in [4.78, 5) is 22.3. The molecule has 4 rings (SSSR count). The Morgan fingerprint density at radius 1 is 1.17 bits per heavy atom.